The normalized spacial score (nSPS) is 9.86. The zero-order chi connectivity index (χ0) is 10.4. The average molecular weight is 195 g/mol. The van der Waals surface area contributed by atoms with Crippen molar-refractivity contribution in [2.24, 2.45) is 0 Å². The maximum absolute atomic E-state index is 11.0. The van der Waals surface area contributed by atoms with E-state index in [2.05, 4.69) is 10.2 Å². The Morgan fingerprint density at radius 3 is 2.64 bits per heavy atom. The molecule has 0 unspecified atom stereocenters. The van der Waals surface area contributed by atoms with Crippen LogP contribution in [0.5, 0.6) is 0 Å². The zero-order valence-corrected chi connectivity index (χ0v) is 7.99. The highest BCUT2D eigenvalue weighted by Crippen LogP contribution is 2.09. The van der Waals surface area contributed by atoms with Gasteiger partial charge in [-0.2, -0.15) is 0 Å². The second-order valence-corrected chi connectivity index (χ2v) is 2.86. The Kier molecular flexibility index (Phi) is 4.10. The molecule has 1 rings (SSSR count). The van der Waals surface area contributed by atoms with E-state index in [1.54, 1.807) is 0 Å². The number of nitrogens with one attached hydrogen (secondary N) is 1. The number of carbonyl (C=O) groups is 1. The molecule has 76 valence electrons. The lowest BCUT2D eigenvalue weighted by Gasteiger charge is -2.06. The molecule has 0 aliphatic rings. The predicted octanol–water partition coefficient (Wildman–Crippen LogP) is 0.881. The highest BCUT2D eigenvalue weighted by molar-refractivity contribution is 5.72. The Balaban J connectivity index is 2.78. The van der Waals surface area contributed by atoms with Crippen LogP contribution in [0.1, 0.15) is 11.1 Å². The van der Waals surface area contributed by atoms with E-state index in [1.807, 2.05) is 24.3 Å². The lowest BCUT2D eigenvalue weighted by Crippen LogP contribution is -2.11. The van der Waals surface area contributed by atoms with Gasteiger partial charge in [0.1, 0.15) is 0 Å². The Hall–Kier alpha value is -1.39. The highest BCUT2D eigenvalue weighted by Gasteiger charge is 2.06. The number of rotatable bonds is 4. The number of ether oxygens (including phenoxy) is 1. The number of benzene rings is 1. The molecule has 0 spiro atoms. The molecule has 0 radical (unpaired) electrons. The van der Waals surface area contributed by atoms with Crippen LogP contribution in [0.25, 0.3) is 0 Å². The molecule has 0 fully saturated rings. The van der Waals surface area contributed by atoms with Crippen LogP contribution >= 0.6 is 0 Å². The number of carbonyl (C=O) groups excluding carboxylic acids is 1. The van der Waals surface area contributed by atoms with Crippen molar-refractivity contribution in [1.82, 2.24) is 5.48 Å². The van der Waals surface area contributed by atoms with E-state index in [1.165, 1.54) is 7.11 Å². The molecule has 0 heterocycles. The van der Waals surface area contributed by atoms with Crippen molar-refractivity contribution in [3.05, 3.63) is 35.4 Å². The minimum Gasteiger partial charge on any atom is -0.469 e. The van der Waals surface area contributed by atoms with Gasteiger partial charge in [0.05, 0.1) is 13.5 Å². The summed E-state index contributed by atoms with van der Waals surface area (Å²) in [7, 11) is 1.36. The molecule has 4 heteroatoms. The Morgan fingerprint density at radius 1 is 1.43 bits per heavy atom. The maximum Gasteiger partial charge on any atom is 0.309 e. The van der Waals surface area contributed by atoms with Gasteiger partial charge in [-0.3, -0.25) is 4.79 Å². The van der Waals surface area contributed by atoms with Gasteiger partial charge in [0.2, 0.25) is 0 Å². The van der Waals surface area contributed by atoms with E-state index >= 15 is 0 Å². The summed E-state index contributed by atoms with van der Waals surface area (Å²) in [6, 6.07) is 7.39. The topological polar surface area (TPSA) is 58.6 Å². The van der Waals surface area contributed by atoms with Crippen molar-refractivity contribution in [3.8, 4) is 0 Å². The van der Waals surface area contributed by atoms with Crippen molar-refractivity contribution in [2.75, 3.05) is 7.11 Å². The van der Waals surface area contributed by atoms with Crippen LogP contribution in [0.15, 0.2) is 24.3 Å². The van der Waals surface area contributed by atoms with E-state index in [4.69, 9.17) is 5.21 Å². The molecule has 0 aromatic heterocycles. The summed E-state index contributed by atoms with van der Waals surface area (Å²) in [5.74, 6) is -0.282. The fourth-order valence-corrected chi connectivity index (χ4v) is 1.22. The van der Waals surface area contributed by atoms with Crippen LogP contribution < -0.4 is 5.48 Å². The van der Waals surface area contributed by atoms with Crippen LogP contribution in [-0.4, -0.2) is 18.3 Å². The smallest absolute Gasteiger partial charge is 0.309 e. The van der Waals surface area contributed by atoms with Crippen molar-refractivity contribution in [2.45, 2.75) is 13.0 Å². The van der Waals surface area contributed by atoms with E-state index < -0.39 is 0 Å². The van der Waals surface area contributed by atoms with Gasteiger partial charge in [0.15, 0.2) is 0 Å². The first kappa shape index (κ1) is 10.7. The molecule has 0 amide bonds. The number of hydrogen-bond acceptors (Lipinski definition) is 4. The first-order chi connectivity index (χ1) is 6.77. The molecule has 0 atom stereocenters. The van der Waals surface area contributed by atoms with Crippen LogP contribution in [0.3, 0.4) is 0 Å². The van der Waals surface area contributed by atoms with Crippen LogP contribution in [0.4, 0.5) is 0 Å². The molecule has 0 bridgehead atoms. The SMILES string of the molecule is COC(=O)Cc1ccccc1CNO. The summed E-state index contributed by atoms with van der Waals surface area (Å²) in [5, 5.41) is 8.57. The standard InChI is InChI=1S/C10H13NO3/c1-14-10(12)6-8-4-2-3-5-9(8)7-11-13/h2-5,11,13H,6-7H2,1H3. The summed E-state index contributed by atoms with van der Waals surface area (Å²) in [5.41, 5.74) is 3.81. The molecule has 0 saturated heterocycles. The summed E-state index contributed by atoms with van der Waals surface area (Å²) >= 11 is 0. The largest absolute Gasteiger partial charge is 0.469 e. The molecule has 14 heavy (non-hydrogen) atoms. The Labute approximate surface area is 82.5 Å². The molecule has 0 aliphatic heterocycles. The number of hydrogen-bond donors (Lipinski definition) is 2. The number of hydroxylamine groups is 1. The van der Waals surface area contributed by atoms with Crippen molar-refractivity contribution >= 4 is 5.97 Å². The number of esters is 1. The molecule has 0 saturated carbocycles. The second-order valence-electron chi connectivity index (χ2n) is 2.86. The minimum absolute atomic E-state index is 0.231. The van der Waals surface area contributed by atoms with Gasteiger partial charge in [-0.1, -0.05) is 24.3 Å². The Morgan fingerprint density at radius 2 is 2.07 bits per heavy atom. The third-order valence-corrected chi connectivity index (χ3v) is 1.95. The maximum atomic E-state index is 11.0. The molecular formula is C10H13NO3. The van der Waals surface area contributed by atoms with Gasteiger partial charge in [-0.15, -0.1) is 0 Å². The van der Waals surface area contributed by atoms with E-state index in [-0.39, 0.29) is 12.4 Å². The summed E-state index contributed by atoms with van der Waals surface area (Å²) < 4.78 is 4.57. The third-order valence-electron chi connectivity index (χ3n) is 1.95. The van der Waals surface area contributed by atoms with Gasteiger partial charge >= 0.3 is 5.97 Å². The first-order valence-corrected chi connectivity index (χ1v) is 4.28. The Bertz CT molecular complexity index is 312. The molecule has 4 nitrogen and oxygen atoms in total. The van der Waals surface area contributed by atoms with Crippen LogP contribution in [0, 0.1) is 0 Å². The van der Waals surface area contributed by atoms with Gasteiger partial charge < -0.3 is 9.94 Å². The number of methoxy groups -OCH3 is 1. The predicted molar refractivity (Wildman–Crippen MR) is 50.8 cm³/mol. The second kappa shape index (κ2) is 5.36. The fourth-order valence-electron chi connectivity index (χ4n) is 1.22. The van der Waals surface area contributed by atoms with E-state index in [0.717, 1.165) is 11.1 Å². The summed E-state index contributed by atoms with van der Waals surface area (Å²) in [6.07, 6.45) is 0.231. The molecular weight excluding hydrogens is 182 g/mol. The summed E-state index contributed by atoms with van der Waals surface area (Å²) in [4.78, 5) is 11.0. The molecule has 2 N–H and O–H groups in total. The van der Waals surface area contributed by atoms with Gasteiger partial charge in [0, 0.05) is 6.54 Å². The van der Waals surface area contributed by atoms with E-state index in [0.29, 0.717) is 6.54 Å². The lowest BCUT2D eigenvalue weighted by atomic mass is 10.1. The van der Waals surface area contributed by atoms with Crippen molar-refractivity contribution in [1.29, 1.82) is 0 Å². The minimum atomic E-state index is -0.282. The van der Waals surface area contributed by atoms with Gasteiger partial charge in [0.25, 0.3) is 0 Å². The zero-order valence-electron chi connectivity index (χ0n) is 7.99. The third kappa shape index (κ3) is 2.83. The fraction of sp³-hybridized carbons (Fsp3) is 0.300. The van der Waals surface area contributed by atoms with Crippen LogP contribution in [-0.2, 0) is 22.5 Å². The lowest BCUT2D eigenvalue weighted by molar-refractivity contribution is -0.139. The average Bonchev–Trinajstić information content (AvgIpc) is 2.21. The first-order valence-electron chi connectivity index (χ1n) is 4.28. The molecule has 1 aromatic rings. The monoisotopic (exact) mass is 195 g/mol. The van der Waals surface area contributed by atoms with E-state index in [9.17, 15) is 4.79 Å². The van der Waals surface area contributed by atoms with Gasteiger partial charge in [-0.05, 0) is 11.1 Å². The van der Waals surface area contributed by atoms with Crippen LogP contribution in [0.2, 0.25) is 0 Å². The highest BCUT2D eigenvalue weighted by atomic mass is 16.5. The molecule has 0 aliphatic carbocycles. The molecule has 1 aromatic carbocycles. The van der Waals surface area contributed by atoms with Crippen molar-refractivity contribution < 1.29 is 14.7 Å². The quantitative estimate of drug-likeness (QED) is 0.553. The summed E-state index contributed by atoms with van der Waals surface area (Å²) in [6.45, 7) is 0.327. The van der Waals surface area contributed by atoms with Crippen molar-refractivity contribution in [3.63, 3.8) is 0 Å². The van der Waals surface area contributed by atoms with Gasteiger partial charge in [-0.25, -0.2) is 5.48 Å².